The first kappa shape index (κ1) is 15.2. The van der Waals surface area contributed by atoms with Crippen molar-refractivity contribution in [1.29, 1.82) is 0 Å². The Balaban J connectivity index is 1.42. The van der Waals surface area contributed by atoms with Gasteiger partial charge in [-0.15, -0.1) is 11.3 Å². The maximum absolute atomic E-state index is 12.4. The van der Waals surface area contributed by atoms with Crippen LogP contribution in [0.1, 0.15) is 23.3 Å². The van der Waals surface area contributed by atoms with Gasteiger partial charge in [0.15, 0.2) is 0 Å². The van der Waals surface area contributed by atoms with Crippen LogP contribution in [0.15, 0.2) is 35.7 Å². The zero-order valence-electron chi connectivity index (χ0n) is 13.2. The van der Waals surface area contributed by atoms with E-state index in [0.29, 0.717) is 12.2 Å². The molecular formula is C18H19N3O2S. The van der Waals surface area contributed by atoms with E-state index in [0.717, 1.165) is 36.4 Å². The number of thiophene rings is 1. The summed E-state index contributed by atoms with van der Waals surface area (Å²) >= 11 is 1.61. The van der Waals surface area contributed by atoms with Crippen molar-refractivity contribution in [3.8, 4) is 0 Å². The maximum atomic E-state index is 12.4. The Labute approximate surface area is 144 Å². The molecule has 0 saturated heterocycles. The highest BCUT2D eigenvalue weighted by atomic mass is 32.1. The van der Waals surface area contributed by atoms with Crippen molar-refractivity contribution in [3.05, 3.63) is 46.2 Å². The zero-order chi connectivity index (χ0) is 16.5. The molecule has 1 saturated carbocycles. The van der Waals surface area contributed by atoms with E-state index >= 15 is 0 Å². The minimum atomic E-state index is -0.235. The second-order valence-corrected chi connectivity index (χ2v) is 7.28. The van der Waals surface area contributed by atoms with Crippen LogP contribution < -0.4 is 15.5 Å². The quantitative estimate of drug-likeness (QED) is 0.896. The Morgan fingerprint density at radius 3 is 2.88 bits per heavy atom. The molecule has 6 heteroatoms. The summed E-state index contributed by atoms with van der Waals surface area (Å²) in [5.41, 5.74) is 2.84. The molecule has 1 aromatic carbocycles. The van der Waals surface area contributed by atoms with Crippen LogP contribution in [0, 0.1) is 5.92 Å². The van der Waals surface area contributed by atoms with E-state index in [2.05, 4.69) is 10.6 Å². The van der Waals surface area contributed by atoms with Crippen molar-refractivity contribution in [3.63, 3.8) is 0 Å². The fraction of sp³-hybridized carbons (Fsp3) is 0.333. The van der Waals surface area contributed by atoms with Crippen LogP contribution in [-0.4, -0.2) is 18.5 Å². The van der Waals surface area contributed by atoms with E-state index in [1.807, 2.05) is 40.6 Å². The lowest BCUT2D eigenvalue weighted by Crippen LogP contribution is -2.30. The number of urea groups is 1. The third kappa shape index (κ3) is 3.14. The van der Waals surface area contributed by atoms with Crippen LogP contribution in [0.2, 0.25) is 0 Å². The summed E-state index contributed by atoms with van der Waals surface area (Å²) in [5.74, 6) is 0.440. The number of benzene rings is 1. The largest absolute Gasteiger partial charge is 0.333 e. The lowest BCUT2D eigenvalue weighted by atomic mass is 10.1. The number of fused-ring (bicyclic) bond motifs is 1. The van der Waals surface area contributed by atoms with E-state index in [1.165, 1.54) is 5.56 Å². The van der Waals surface area contributed by atoms with Gasteiger partial charge < -0.3 is 15.5 Å². The number of rotatable bonds is 4. The van der Waals surface area contributed by atoms with Crippen molar-refractivity contribution in [2.45, 2.75) is 25.8 Å². The van der Waals surface area contributed by atoms with Gasteiger partial charge in [-0.1, -0.05) is 12.1 Å². The molecule has 2 N–H and O–H groups in total. The van der Waals surface area contributed by atoms with Crippen molar-refractivity contribution in [2.75, 3.05) is 16.8 Å². The van der Waals surface area contributed by atoms with E-state index in [9.17, 15) is 9.59 Å². The van der Waals surface area contributed by atoms with Crippen molar-refractivity contribution in [1.82, 2.24) is 5.32 Å². The number of amides is 3. The normalized spacial score (nSPS) is 15.9. The first-order chi connectivity index (χ1) is 11.7. The van der Waals surface area contributed by atoms with Gasteiger partial charge in [0, 0.05) is 28.7 Å². The number of hydrogen-bond acceptors (Lipinski definition) is 3. The van der Waals surface area contributed by atoms with Crippen LogP contribution in [0.3, 0.4) is 0 Å². The van der Waals surface area contributed by atoms with Crippen LogP contribution >= 0.6 is 11.3 Å². The molecular weight excluding hydrogens is 322 g/mol. The minimum absolute atomic E-state index is 0.210. The zero-order valence-corrected chi connectivity index (χ0v) is 14.1. The number of hydrogen-bond donors (Lipinski definition) is 2. The molecule has 3 amide bonds. The Morgan fingerprint density at radius 1 is 1.25 bits per heavy atom. The molecule has 0 bridgehead atoms. The van der Waals surface area contributed by atoms with Gasteiger partial charge in [-0.3, -0.25) is 4.79 Å². The fourth-order valence-electron chi connectivity index (χ4n) is 2.99. The smallest absolute Gasteiger partial charge is 0.319 e. The third-order valence-electron chi connectivity index (χ3n) is 4.43. The average Bonchev–Trinajstić information content (AvgIpc) is 3.14. The molecule has 0 unspecified atom stereocenters. The Kier molecular flexibility index (Phi) is 3.98. The fourth-order valence-corrected chi connectivity index (χ4v) is 3.64. The molecule has 2 heterocycles. The van der Waals surface area contributed by atoms with E-state index in [4.69, 9.17) is 0 Å². The topological polar surface area (TPSA) is 61.4 Å². The highest BCUT2D eigenvalue weighted by molar-refractivity contribution is 7.09. The molecule has 1 aromatic heterocycles. The molecule has 1 aliphatic carbocycles. The van der Waals surface area contributed by atoms with Gasteiger partial charge in [0.05, 0.1) is 6.54 Å². The summed E-state index contributed by atoms with van der Waals surface area (Å²) in [4.78, 5) is 27.4. The molecule has 0 atom stereocenters. The first-order valence-electron chi connectivity index (χ1n) is 8.22. The average molecular weight is 341 g/mol. The minimum Gasteiger partial charge on any atom is -0.333 e. The number of nitrogens with zero attached hydrogens (tertiary/aromatic N) is 1. The van der Waals surface area contributed by atoms with Gasteiger partial charge in [-0.2, -0.15) is 0 Å². The molecule has 0 radical (unpaired) electrons. The highest BCUT2D eigenvalue weighted by Crippen LogP contribution is 2.37. The lowest BCUT2D eigenvalue weighted by Gasteiger charge is -2.18. The maximum Gasteiger partial charge on any atom is 0.319 e. The lowest BCUT2D eigenvalue weighted by molar-refractivity contribution is -0.119. The van der Waals surface area contributed by atoms with E-state index < -0.39 is 0 Å². The number of anilines is 2. The monoisotopic (exact) mass is 341 g/mol. The summed E-state index contributed by atoms with van der Waals surface area (Å²) in [5, 5.41) is 7.69. The Bertz CT molecular complexity index is 769. The summed E-state index contributed by atoms with van der Waals surface area (Å²) in [6.07, 6.45) is 2.90. The second-order valence-electron chi connectivity index (χ2n) is 6.24. The van der Waals surface area contributed by atoms with Gasteiger partial charge in [0.1, 0.15) is 0 Å². The number of carbonyl (C=O) groups excluding carboxylic acids is 2. The molecule has 5 nitrogen and oxygen atoms in total. The molecule has 2 aliphatic rings. The van der Waals surface area contributed by atoms with Crippen LogP contribution in [0.4, 0.5) is 16.2 Å². The summed E-state index contributed by atoms with van der Waals surface area (Å²) in [7, 11) is 0. The molecule has 1 fully saturated rings. The van der Waals surface area contributed by atoms with Gasteiger partial charge in [-0.05, 0) is 48.4 Å². The van der Waals surface area contributed by atoms with E-state index in [1.54, 1.807) is 11.3 Å². The Morgan fingerprint density at radius 2 is 2.12 bits per heavy atom. The number of nitrogens with one attached hydrogen (secondary N) is 2. The third-order valence-corrected chi connectivity index (χ3v) is 5.31. The standard InChI is InChI=1S/C18H19N3O2S/c22-17(13-3-4-13)21-8-7-12-5-6-14(10-16(12)21)20-18(23)19-11-15-2-1-9-24-15/h1-2,5-6,9-10,13H,3-4,7-8,11H2,(H2,19,20,23). The van der Waals surface area contributed by atoms with Gasteiger partial charge >= 0.3 is 6.03 Å². The highest BCUT2D eigenvalue weighted by Gasteiger charge is 2.36. The summed E-state index contributed by atoms with van der Waals surface area (Å²) < 4.78 is 0. The predicted molar refractivity (Wildman–Crippen MR) is 95.4 cm³/mol. The molecule has 0 spiro atoms. The first-order valence-corrected chi connectivity index (χ1v) is 9.10. The predicted octanol–water partition coefficient (Wildman–Crippen LogP) is 3.37. The molecule has 4 rings (SSSR count). The molecule has 124 valence electrons. The molecule has 2 aromatic rings. The van der Waals surface area contributed by atoms with Crippen molar-refractivity contribution in [2.24, 2.45) is 5.92 Å². The summed E-state index contributed by atoms with van der Waals surface area (Å²) in [6.45, 7) is 1.26. The van der Waals surface area contributed by atoms with Gasteiger partial charge in [0.2, 0.25) is 5.91 Å². The van der Waals surface area contributed by atoms with Crippen LogP contribution in [0.25, 0.3) is 0 Å². The van der Waals surface area contributed by atoms with Crippen molar-refractivity contribution >= 4 is 34.6 Å². The summed E-state index contributed by atoms with van der Waals surface area (Å²) in [6, 6.07) is 9.53. The molecule has 1 aliphatic heterocycles. The second kappa shape index (κ2) is 6.28. The molecule has 24 heavy (non-hydrogen) atoms. The SMILES string of the molecule is O=C(NCc1cccs1)Nc1ccc2c(c1)N(C(=O)C1CC1)CC2. The van der Waals surface area contributed by atoms with Gasteiger partial charge in [-0.25, -0.2) is 4.79 Å². The van der Waals surface area contributed by atoms with E-state index in [-0.39, 0.29) is 17.9 Å². The van der Waals surface area contributed by atoms with Crippen molar-refractivity contribution < 1.29 is 9.59 Å². The number of carbonyl (C=O) groups is 2. The van der Waals surface area contributed by atoms with Crippen LogP contribution in [0.5, 0.6) is 0 Å². The Hall–Kier alpha value is -2.34. The van der Waals surface area contributed by atoms with Gasteiger partial charge in [0.25, 0.3) is 0 Å². The van der Waals surface area contributed by atoms with Crippen LogP contribution in [-0.2, 0) is 17.8 Å².